The Kier molecular flexibility index (Phi) is 5.46. The number of oxazole rings is 1. The number of nitrogens with zero attached hydrogens (tertiary/aromatic N) is 1. The molecule has 0 fully saturated rings. The predicted molar refractivity (Wildman–Crippen MR) is 90.5 cm³/mol. The molecule has 0 aliphatic carbocycles. The minimum atomic E-state index is -1.18. The number of aryl methyl sites for hydroxylation is 1. The number of nitrogens with one attached hydrogen (secondary N) is 1. The lowest BCUT2D eigenvalue weighted by Crippen LogP contribution is -2.36. The van der Waals surface area contributed by atoms with Gasteiger partial charge in [-0.2, -0.15) is 0 Å². The normalized spacial score (nSPS) is 12.5. The summed E-state index contributed by atoms with van der Waals surface area (Å²) < 4.78 is 10.8. The summed E-state index contributed by atoms with van der Waals surface area (Å²) in [5.41, 5.74) is 0.121. The molecule has 0 aliphatic heterocycles. The second kappa shape index (κ2) is 7.38. The molecule has 2 N–H and O–H groups in total. The number of rotatable bonds is 5. The van der Waals surface area contributed by atoms with Crippen LogP contribution in [-0.4, -0.2) is 27.8 Å². The average Bonchev–Trinajstić information content (AvgIpc) is 2.88. The molecule has 1 unspecified atom stereocenters. The maximum Gasteiger partial charge on any atom is 0.408 e. The van der Waals surface area contributed by atoms with E-state index < -0.39 is 23.7 Å². The molecule has 1 aromatic carbocycles. The average molecular weight is 346 g/mol. The number of aromatic carboxylic acids is 1. The Morgan fingerprint density at radius 2 is 1.92 bits per heavy atom. The second-order valence-electron chi connectivity index (χ2n) is 6.65. The number of carboxylic acid groups (broad SMARTS) is 1. The van der Waals surface area contributed by atoms with Crippen molar-refractivity contribution in [2.75, 3.05) is 0 Å². The molecule has 0 spiro atoms. The molecule has 134 valence electrons. The Balaban J connectivity index is 2.27. The number of hydrogen-bond donors (Lipinski definition) is 2. The zero-order valence-corrected chi connectivity index (χ0v) is 14.7. The van der Waals surface area contributed by atoms with Crippen LogP contribution in [0.2, 0.25) is 0 Å². The van der Waals surface area contributed by atoms with Gasteiger partial charge in [-0.3, -0.25) is 0 Å². The van der Waals surface area contributed by atoms with Crippen molar-refractivity contribution in [1.82, 2.24) is 10.3 Å². The first-order valence-electron chi connectivity index (χ1n) is 7.90. The van der Waals surface area contributed by atoms with Gasteiger partial charge in [-0.25, -0.2) is 14.6 Å². The van der Waals surface area contributed by atoms with Gasteiger partial charge >= 0.3 is 12.1 Å². The molecule has 1 atom stereocenters. The van der Waals surface area contributed by atoms with Gasteiger partial charge in [-0.15, -0.1) is 0 Å². The fourth-order valence-corrected chi connectivity index (χ4v) is 2.26. The fourth-order valence-electron chi connectivity index (χ4n) is 2.26. The summed E-state index contributed by atoms with van der Waals surface area (Å²) in [4.78, 5) is 27.3. The van der Waals surface area contributed by atoms with Gasteiger partial charge in [0.05, 0.1) is 0 Å². The van der Waals surface area contributed by atoms with Gasteiger partial charge in [-0.05, 0) is 33.3 Å². The molecule has 1 heterocycles. The van der Waals surface area contributed by atoms with E-state index in [9.17, 15) is 9.59 Å². The van der Waals surface area contributed by atoms with Crippen LogP contribution in [-0.2, 0) is 11.2 Å². The number of alkyl carbamates (subject to hydrolysis) is 1. The van der Waals surface area contributed by atoms with Crippen molar-refractivity contribution in [2.24, 2.45) is 0 Å². The predicted octanol–water partition coefficient (Wildman–Crippen LogP) is 3.49. The van der Waals surface area contributed by atoms with Crippen LogP contribution in [0.1, 0.15) is 54.5 Å². The van der Waals surface area contributed by atoms with Crippen LogP contribution in [0, 0.1) is 6.92 Å². The number of carboxylic acids is 1. The van der Waals surface area contributed by atoms with Gasteiger partial charge in [0.2, 0.25) is 5.89 Å². The van der Waals surface area contributed by atoms with Crippen molar-refractivity contribution in [1.29, 1.82) is 0 Å². The molecule has 0 bridgehead atoms. The zero-order valence-electron chi connectivity index (χ0n) is 14.7. The lowest BCUT2D eigenvalue weighted by molar-refractivity contribution is 0.0495. The molecule has 0 aliphatic rings. The van der Waals surface area contributed by atoms with Crippen molar-refractivity contribution in [3.63, 3.8) is 0 Å². The van der Waals surface area contributed by atoms with Crippen LogP contribution >= 0.6 is 0 Å². The third kappa shape index (κ3) is 5.34. The summed E-state index contributed by atoms with van der Waals surface area (Å²) in [6.45, 7) is 6.80. The summed E-state index contributed by atoms with van der Waals surface area (Å²) in [6, 6.07) is 8.80. The molecule has 7 nitrogen and oxygen atoms in total. The van der Waals surface area contributed by atoms with Gasteiger partial charge in [0.15, 0.2) is 5.69 Å². The number of aromatic nitrogens is 1. The first-order valence-corrected chi connectivity index (χ1v) is 7.90. The van der Waals surface area contributed by atoms with E-state index in [4.69, 9.17) is 14.3 Å². The van der Waals surface area contributed by atoms with Crippen molar-refractivity contribution in [3.05, 3.63) is 53.2 Å². The smallest absolute Gasteiger partial charge is 0.408 e. The van der Waals surface area contributed by atoms with Crippen LogP contribution in [0.3, 0.4) is 0 Å². The van der Waals surface area contributed by atoms with E-state index in [0.717, 1.165) is 5.56 Å². The number of ether oxygens (including phenoxy) is 1. The fraction of sp³-hybridized carbons (Fsp3) is 0.389. The number of carbonyl (C=O) groups excluding carboxylic acids is 1. The summed E-state index contributed by atoms with van der Waals surface area (Å²) in [7, 11) is 0. The number of carbonyl (C=O) groups is 2. The van der Waals surface area contributed by atoms with Gasteiger partial charge in [0.1, 0.15) is 17.4 Å². The molecular formula is C18H22N2O5. The minimum Gasteiger partial charge on any atom is -0.476 e. The van der Waals surface area contributed by atoms with Crippen LogP contribution in [0.15, 0.2) is 34.7 Å². The van der Waals surface area contributed by atoms with E-state index in [-0.39, 0.29) is 17.3 Å². The van der Waals surface area contributed by atoms with E-state index in [1.165, 1.54) is 6.92 Å². The number of benzene rings is 1. The van der Waals surface area contributed by atoms with Crippen LogP contribution in [0.4, 0.5) is 4.79 Å². The molecule has 1 aromatic heterocycles. The molecule has 2 rings (SSSR count). The standard InChI is InChI=1S/C18H22N2O5/c1-11-14(16(21)22)20-15(24-11)13(10-12-8-6-5-7-9-12)19-17(23)25-18(2,3)4/h5-9,13H,10H2,1-4H3,(H,19,23)(H,21,22). The molecular weight excluding hydrogens is 324 g/mol. The van der Waals surface area contributed by atoms with Gasteiger partial charge in [0.25, 0.3) is 0 Å². The quantitative estimate of drug-likeness (QED) is 0.859. The Labute approximate surface area is 146 Å². The van der Waals surface area contributed by atoms with Crippen molar-refractivity contribution < 1.29 is 23.8 Å². The van der Waals surface area contributed by atoms with E-state index in [1.54, 1.807) is 20.8 Å². The van der Waals surface area contributed by atoms with E-state index in [0.29, 0.717) is 6.42 Å². The third-order valence-corrected chi connectivity index (χ3v) is 3.29. The van der Waals surface area contributed by atoms with Crippen molar-refractivity contribution in [3.8, 4) is 0 Å². The number of hydrogen-bond acceptors (Lipinski definition) is 5. The molecule has 0 saturated heterocycles. The Bertz CT molecular complexity index is 747. The second-order valence-corrected chi connectivity index (χ2v) is 6.65. The minimum absolute atomic E-state index is 0.129. The highest BCUT2D eigenvalue weighted by Gasteiger charge is 2.26. The van der Waals surface area contributed by atoms with Crippen molar-refractivity contribution in [2.45, 2.75) is 45.8 Å². The summed E-state index contributed by atoms with van der Waals surface area (Å²) >= 11 is 0. The third-order valence-electron chi connectivity index (χ3n) is 3.29. The van der Waals surface area contributed by atoms with Crippen LogP contribution < -0.4 is 5.32 Å². The highest BCUT2D eigenvalue weighted by atomic mass is 16.6. The molecule has 7 heteroatoms. The Morgan fingerprint density at radius 1 is 1.28 bits per heavy atom. The van der Waals surface area contributed by atoms with E-state index >= 15 is 0 Å². The largest absolute Gasteiger partial charge is 0.476 e. The Hall–Kier alpha value is -2.83. The van der Waals surface area contributed by atoms with Gasteiger partial charge < -0.3 is 19.6 Å². The molecule has 0 saturated carbocycles. The topological polar surface area (TPSA) is 102 Å². The highest BCUT2D eigenvalue weighted by molar-refractivity contribution is 5.86. The summed E-state index contributed by atoms with van der Waals surface area (Å²) in [5.74, 6) is -0.862. The van der Waals surface area contributed by atoms with E-state index in [1.807, 2.05) is 30.3 Å². The van der Waals surface area contributed by atoms with Crippen LogP contribution in [0.5, 0.6) is 0 Å². The molecule has 1 amide bonds. The first kappa shape index (κ1) is 18.5. The van der Waals surface area contributed by atoms with Gasteiger partial charge in [0, 0.05) is 6.42 Å². The van der Waals surface area contributed by atoms with Crippen LogP contribution in [0.25, 0.3) is 0 Å². The highest BCUT2D eigenvalue weighted by Crippen LogP contribution is 2.22. The van der Waals surface area contributed by atoms with Crippen molar-refractivity contribution >= 4 is 12.1 Å². The summed E-state index contributed by atoms with van der Waals surface area (Å²) in [6.07, 6.45) is -0.236. The SMILES string of the molecule is Cc1oc(C(Cc2ccccc2)NC(=O)OC(C)(C)C)nc1C(=O)O. The maximum absolute atomic E-state index is 12.1. The number of amides is 1. The van der Waals surface area contributed by atoms with E-state index in [2.05, 4.69) is 10.3 Å². The monoisotopic (exact) mass is 346 g/mol. The molecule has 2 aromatic rings. The molecule has 25 heavy (non-hydrogen) atoms. The zero-order chi connectivity index (χ0) is 18.6. The Morgan fingerprint density at radius 3 is 2.44 bits per heavy atom. The molecule has 0 radical (unpaired) electrons. The maximum atomic E-state index is 12.1. The lowest BCUT2D eigenvalue weighted by atomic mass is 10.1. The first-order chi connectivity index (χ1) is 11.7. The lowest BCUT2D eigenvalue weighted by Gasteiger charge is -2.22. The van der Waals surface area contributed by atoms with Gasteiger partial charge in [-0.1, -0.05) is 30.3 Å². The summed E-state index contributed by atoms with van der Waals surface area (Å²) in [5, 5.41) is 11.9.